The highest BCUT2D eigenvalue weighted by Gasteiger charge is 2.31. The summed E-state index contributed by atoms with van der Waals surface area (Å²) in [5, 5.41) is 4.12. The smallest absolute Gasteiger partial charge is 0.244 e. The molecule has 1 aromatic carbocycles. The zero-order chi connectivity index (χ0) is 16.3. The molecule has 1 aliphatic heterocycles. The van der Waals surface area contributed by atoms with Crippen molar-refractivity contribution in [3.05, 3.63) is 27.7 Å². The second kappa shape index (κ2) is 7.51. The maximum Gasteiger partial charge on any atom is 0.244 e. The Morgan fingerprint density at radius 3 is 2.27 bits per heavy atom. The van der Waals surface area contributed by atoms with Crippen molar-refractivity contribution in [1.82, 2.24) is 15.1 Å². The molecule has 0 saturated carbocycles. The standard InChI is InChI=1S/C15H21Cl2N3O2/c1-19(2)15(21)13(20-6-4-18-5-7-20)10-8-11(16)14(22-3)12(17)9-10/h8-9,13,18H,4-7H2,1-3H3. The predicted molar refractivity (Wildman–Crippen MR) is 88.9 cm³/mol. The summed E-state index contributed by atoms with van der Waals surface area (Å²) in [6.07, 6.45) is 0. The molecule has 1 unspecified atom stereocenters. The number of hydrogen-bond acceptors (Lipinski definition) is 4. The van der Waals surface area contributed by atoms with Crippen molar-refractivity contribution < 1.29 is 9.53 Å². The Labute approximate surface area is 141 Å². The van der Waals surface area contributed by atoms with E-state index in [1.165, 1.54) is 7.11 Å². The summed E-state index contributed by atoms with van der Waals surface area (Å²) in [6, 6.07) is 3.14. The van der Waals surface area contributed by atoms with E-state index in [0.717, 1.165) is 31.7 Å². The number of hydrogen-bond donors (Lipinski definition) is 1. The summed E-state index contributed by atoms with van der Waals surface area (Å²) in [6.45, 7) is 3.31. The lowest BCUT2D eigenvalue weighted by atomic mass is 10.0. The van der Waals surface area contributed by atoms with Gasteiger partial charge < -0.3 is 15.0 Å². The van der Waals surface area contributed by atoms with Crippen LogP contribution in [0.3, 0.4) is 0 Å². The highest BCUT2D eigenvalue weighted by Crippen LogP contribution is 2.37. The maximum atomic E-state index is 12.7. The monoisotopic (exact) mass is 345 g/mol. The number of amides is 1. The van der Waals surface area contributed by atoms with Gasteiger partial charge in [0.05, 0.1) is 17.2 Å². The van der Waals surface area contributed by atoms with Crippen molar-refractivity contribution >= 4 is 29.1 Å². The third-order valence-corrected chi connectivity index (χ3v) is 4.29. The molecule has 1 aromatic rings. The molecular weight excluding hydrogens is 325 g/mol. The van der Waals surface area contributed by atoms with Crippen LogP contribution in [0.1, 0.15) is 11.6 Å². The predicted octanol–water partition coefficient (Wildman–Crippen LogP) is 2.04. The summed E-state index contributed by atoms with van der Waals surface area (Å²) in [4.78, 5) is 16.4. The van der Waals surface area contributed by atoms with Gasteiger partial charge in [0.1, 0.15) is 6.04 Å². The van der Waals surface area contributed by atoms with Gasteiger partial charge in [-0.25, -0.2) is 0 Å². The summed E-state index contributed by atoms with van der Waals surface area (Å²) in [5.41, 5.74) is 0.788. The van der Waals surface area contributed by atoms with Gasteiger partial charge in [0.2, 0.25) is 5.91 Å². The lowest BCUT2D eigenvalue weighted by Gasteiger charge is -2.35. The quantitative estimate of drug-likeness (QED) is 0.906. The Bertz CT molecular complexity index is 523. The van der Waals surface area contributed by atoms with Crippen LogP contribution in [-0.2, 0) is 4.79 Å². The molecule has 0 bridgehead atoms. The second-order valence-corrected chi connectivity index (χ2v) is 6.25. The Morgan fingerprint density at radius 2 is 1.82 bits per heavy atom. The second-order valence-electron chi connectivity index (χ2n) is 5.44. The van der Waals surface area contributed by atoms with E-state index in [-0.39, 0.29) is 5.91 Å². The highest BCUT2D eigenvalue weighted by atomic mass is 35.5. The first-order valence-corrected chi connectivity index (χ1v) is 7.90. The molecule has 1 saturated heterocycles. The summed E-state index contributed by atoms with van der Waals surface area (Å²) < 4.78 is 5.18. The summed E-state index contributed by atoms with van der Waals surface area (Å²) in [7, 11) is 5.03. The summed E-state index contributed by atoms with van der Waals surface area (Å²) in [5.74, 6) is 0.447. The fourth-order valence-electron chi connectivity index (χ4n) is 2.63. The van der Waals surface area contributed by atoms with Gasteiger partial charge in [-0.05, 0) is 17.7 Å². The Morgan fingerprint density at radius 1 is 1.27 bits per heavy atom. The van der Waals surface area contributed by atoms with Crippen LogP contribution in [0, 0.1) is 0 Å². The average molecular weight is 346 g/mol. The molecule has 22 heavy (non-hydrogen) atoms. The number of halogens is 2. The lowest BCUT2D eigenvalue weighted by molar-refractivity contribution is -0.135. The van der Waals surface area contributed by atoms with Gasteiger partial charge in [-0.2, -0.15) is 0 Å². The third-order valence-electron chi connectivity index (χ3n) is 3.73. The van der Waals surface area contributed by atoms with Crippen molar-refractivity contribution in [3.63, 3.8) is 0 Å². The Kier molecular flexibility index (Phi) is 5.92. The van der Waals surface area contributed by atoms with Gasteiger partial charge in [-0.3, -0.25) is 9.69 Å². The fraction of sp³-hybridized carbons (Fsp3) is 0.533. The highest BCUT2D eigenvalue weighted by molar-refractivity contribution is 6.37. The minimum atomic E-state index is -0.391. The van der Waals surface area contributed by atoms with Gasteiger partial charge in [0, 0.05) is 40.3 Å². The van der Waals surface area contributed by atoms with Crippen LogP contribution in [0.4, 0.5) is 0 Å². The first-order chi connectivity index (χ1) is 10.5. The van der Waals surface area contributed by atoms with Crippen molar-refractivity contribution in [3.8, 4) is 5.75 Å². The van der Waals surface area contributed by atoms with Crippen LogP contribution in [-0.4, -0.2) is 63.1 Å². The number of methoxy groups -OCH3 is 1. The molecule has 5 nitrogen and oxygen atoms in total. The Balaban J connectivity index is 2.42. The van der Waals surface area contributed by atoms with E-state index < -0.39 is 6.04 Å². The normalized spacial score (nSPS) is 17.1. The largest absolute Gasteiger partial charge is 0.494 e. The van der Waals surface area contributed by atoms with Crippen LogP contribution in [0.2, 0.25) is 10.0 Å². The van der Waals surface area contributed by atoms with Crippen molar-refractivity contribution in [2.75, 3.05) is 47.4 Å². The fourth-order valence-corrected chi connectivity index (χ4v) is 3.29. The number of carbonyl (C=O) groups is 1. The van der Waals surface area contributed by atoms with Crippen LogP contribution in [0.25, 0.3) is 0 Å². The van der Waals surface area contributed by atoms with Crippen LogP contribution >= 0.6 is 23.2 Å². The van der Waals surface area contributed by atoms with Crippen molar-refractivity contribution in [2.45, 2.75) is 6.04 Å². The molecule has 2 rings (SSSR count). The lowest BCUT2D eigenvalue weighted by Crippen LogP contribution is -2.49. The van der Waals surface area contributed by atoms with Gasteiger partial charge in [0.15, 0.2) is 5.75 Å². The van der Waals surface area contributed by atoms with Gasteiger partial charge in [-0.1, -0.05) is 23.2 Å². The number of carbonyl (C=O) groups excluding carboxylic acids is 1. The molecule has 0 radical (unpaired) electrons. The molecule has 1 heterocycles. The van der Waals surface area contributed by atoms with Crippen LogP contribution < -0.4 is 10.1 Å². The molecule has 0 aromatic heterocycles. The van der Waals surface area contributed by atoms with Crippen LogP contribution in [0.15, 0.2) is 12.1 Å². The SMILES string of the molecule is COc1c(Cl)cc(C(C(=O)N(C)C)N2CCNCC2)cc1Cl. The molecule has 0 aliphatic carbocycles. The van der Waals surface area contributed by atoms with Gasteiger partial charge in [0.25, 0.3) is 0 Å². The molecule has 7 heteroatoms. The number of likely N-dealkylation sites (N-methyl/N-ethyl adjacent to an activating group) is 1. The third kappa shape index (κ3) is 3.66. The number of nitrogens with one attached hydrogen (secondary N) is 1. The van der Waals surface area contributed by atoms with E-state index in [9.17, 15) is 4.79 Å². The first-order valence-electron chi connectivity index (χ1n) is 7.14. The van der Waals surface area contributed by atoms with E-state index >= 15 is 0 Å². The molecule has 1 fully saturated rings. The number of nitrogens with zero attached hydrogens (tertiary/aromatic N) is 2. The van der Waals surface area contributed by atoms with Crippen molar-refractivity contribution in [2.24, 2.45) is 0 Å². The molecule has 1 amide bonds. The van der Waals surface area contributed by atoms with Crippen LogP contribution in [0.5, 0.6) is 5.75 Å². The van der Waals surface area contributed by atoms with E-state index in [2.05, 4.69) is 10.2 Å². The zero-order valence-electron chi connectivity index (χ0n) is 13.0. The van der Waals surface area contributed by atoms with Gasteiger partial charge >= 0.3 is 0 Å². The van der Waals surface area contributed by atoms with Crippen molar-refractivity contribution in [1.29, 1.82) is 0 Å². The number of rotatable bonds is 4. The molecule has 1 N–H and O–H groups in total. The van der Waals surface area contributed by atoms with E-state index in [4.69, 9.17) is 27.9 Å². The molecule has 1 aliphatic rings. The topological polar surface area (TPSA) is 44.8 Å². The first kappa shape index (κ1) is 17.3. The minimum absolute atomic E-state index is 0.0131. The van der Waals surface area contributed by atoms with Gasteiger partial charge in [-0.15, -0.1) is 0 Å². The van der Waals surface area contributed by atoms with E-state index in [1.54, 1.807) is 31.1 Å². The Hall–Kier alpha value is -1.01. The maximum absolute atomic E-state index is 12.7. The number of benzene rings is 1. The average Bonchev–Trinajstić information content (AvgIpc) is 2.48. The molecular formula is C15H21Cl2N3O2. The van der Waals surface area contributed by atoms with E-state index in [1.807, 2.05) is 0 Å². The molecule has 1 atom stereocenters. The minimum Gasteiger partial charge on any atom is -0.494 e. The molecule has 0 spiro atoms. The van der Waals surface area contributed by atoms with E-state index in [0.29, 0.717) is 15.8 Å². The summed E-state index contributed by atoms with van der Waals surface area (Å²) >= 11 is 12.5. The zero-order valence-corrected chi connectivity index (χ0v) is 14.5. The number of ether oxygens (including phenoxy) is 1. The molecule has 122 valence electrons. The number of piperazine rings is 1.